The molecule has 92 valence electrons. The highest BCUT2D eigenvalue weighted by Crippen LogP contribution is 2.37. The van der Waals surface area contributed by atoms with Crippen molar-refractivity contribution in [1.29, 1.82) is 0 Å². The molecule has 18 heavy (non-hydrogen) atoms. The highest BCUT2D eigenvalue weighted by Gasteiger charge is 2.15. The third-order valence-corrected chi connectivity index (χ3v) is 6.20. The van der Waals surface area contributed by atoms with E-state index in [2.05, 4.69) is 62.7 Å². The number of benzene rings is 1. The molecular weight excluding hydrogens is 328 g/mol. The van der Waals surface area contributed by atoms with Gasteiger partial charge >= 0.3 is 0 Å². The maximum atomic E-state index is 4.32. The van der Waals surface area contributed by atoms with Gasteiger partial charge in [-0.25, -0.2) is 0 Å². The van der Waals surface area contributed by atoms with Crippen LogP contribution in [0.5, 0.6) is 0 Å². The second kappa shape index (κ2) is 5.07. The van der Waals surface area contributed by atoms with Gasteiger partial charge in [0.2, 0.25) is 0 Å². The number of rotatable bonds is 3. The Morgan fingerprint density at radius 1 is 1.28 bits per heavy atom. The van der Waals surface area contributed by atoms with Gasteiger partial charge in [-0.15, -0.1) is 21.5 Å². The van der Waals surface area contributed by atoms with Crippen LogP contribution in [0.4, 0.5) is 0 Å². The molecule has 1 unspecified atom stereocenters. The Balaban J connectivity index is 2.07. The first-order valence-electron chi connectivity index (χ1n) is 5.73. The van der Waals surface area contributed by atoms with Crippen LogP contribution >= 0.6 is 38.6 Å². The Hall–Kier alpha value is -0.780. The number of nitrogens with zero attached hydrogens (tertiary/aromatic N) is 2. The standard InChI is InChI=1S/C13H11BrN2S2/c1-2-10(14)13-16-15-12(18-13)9-7-17-11-6-4-3-5-8(9)11/h3-7,10H,2H2,1H3. The van der Waals surface area contributed by atoms with Gasteiger partial charge in [-0.1, -0.05) is 52.4 Å². The van der Waals surface area contributed by atoms with Crippen LogP contribution in [0.1, 0.15) is 23.2 Å². The maximum Gasteiger partial charge on any atom is 0.149 e. The summed E-state index contributed by atoms with van der Waals surface area (Å²) in [6.07, 6.45) is 1.03. The van der Waals surface area contributed by atoms with Crippen molar-refractivity contribution in [2.75, 3.05) is 0 Å². The van der Waals surface area contributed by atoms with Crippen LogP contribution in [-0.2, 0) is 0 Å². The zero-order chi connectivity index (χ0) is 12.5. The molecule has 0 amide bonds. The van der Waals surface area contributed by atoms with Crippen LogP contribution in [-0.4, -0.2) is 10.2 Å². The zero-order valence-electron chi connectivity index (χ0n) is 9.76. The fourth-order valence-corrected chi connectivity index (χ4v) is 4.11. The van der Waals surface area contributed by atoms with E-state index in [1.165, 1.54) is 15.6 Å². The van der Waals surface area contributed by atoms with Crippen molar-refractivity contribution in [3.05, 3.63) is 34.7 Å². The average molecular weight is 339 g/mol. The average Bonchev–Trinajstić information content (AvgIpc) is 3.03. The molecule has 3 aromatic rings. The van der Waals surface area contributed by atoms with Gasteiger partial charge in [0.1, 0.15) is 10.0 Å². The second-order valence-electron chi connectivity index (χ2n) is 3.97. The lowest BCUT2D eigenvalue weighted by molar-refractivity contribution is 0.870. The van der Waals surface area contributed by atoms with E-state index in [1.54, 1.807) is 22.7 Å². The summed E-state index contributed by atoms with van der Waals surface area (Å²) < 4.78 is 1.30. The first-order chi connectivity index (χ1) is 8.79. The van der Waals surface area contributed by atoms with Gasteiger partial charge in [0.25, 0.3) is 0 Å². The fraction of sp³-hybridized carbons (Fsp3) is 0.231. The van der Waals surface area contributed by atoms with E-state index in [1.807, 2.05) is 0 Å². The molecule has 0 bridgehead atoms. The van der Waals surface area contributed by atoms with E-state index < -0.39 is 0 Å². The lowest BCUT2D eigenvalue weighted by Gasteiger charge is -1.98. The van der Waals surface area contributed by atoms with Crippen molar-refractivity contribution in [2.24, 2.45) is 0 Å². The van der Waals surface area contributed by atoms with Gasteiger partial charge in [-0.05, 0) is 12.5 Å². The predicted octanol–water partition coefficient (Wildman–Crippen LogP) is 5.27. The lowest BCUT2D eigenvalue weighted by atomic mass is 10.2. The van der Waals surface area contributed by atoms with Crippen molar-refractivity contribution in [1.82, 2.24) is 10.2 Å². The molecule has 2 aromatic heterocycles. The van der Waals surface area contributed by atoms with E-state index in [9.17, 15) is 0 Å². The van der Waals surface area contributed by atoms with Crippen LogP contribution in [0.25, 0.3) is 20.7 Å². The van der Waals surface area contributed by atoms with Crippen molar-refractivity contribution < 1.29 is 0 Å². The molecule has 0 N–H and O–H groups in total. The summed E-state index contributed by atoms with van der Waals surface area (Å²) in [5, 5.41) is 14.1. The molecule has 1 aromatic carbocycles. The monoisotopic (exact) mass is 338 g/mol. The third kappa shape index (κ3) is 2.11. The largest absolute Gasteiger partial charge is 0.149 e. The summed E-state index contributed by atoms with van der Waals surface area (Å²) in [5.74, 6) is 0. The Bertz CT molecular complexity index is 674. The lowest BCUT2D eigenvalue weighted by Crippen LogP contribution is -1.84. The minimum Gasteiger partial charge on any atom is -0.143 e. The van der Waals surface area contributed by atoms with E-state index in [0.29, 0.717) is 4.83 Å². The van der Waals surface area contributed by atoms with E-state index in [4.69, 9.17) is 0 Å². The summed E-state index contributed by atoms with van der Waals surface area (Å²) in [6.45, 7) is 2.14. The van der Waals surface area contributed by atoms with Crippen molar-refractivity contribution >= 4 is 48.7 Å². The van der Waals surface area contributed by atoms with Crippen molar-refractivity contribution in [2.45, 2.75) is 18.2 Å². The number of alkyl halides is 1. The molecule has 0 spiro atoms. The summed E-state index contributed by atoms with van der Waals surface area (Å²) in [5.41, 5.74) is 1.20. The van der Waals surface area contributed by atoms with Crippen LogP contribution in [0, 0.1) is 0 Å². The van der Waals surface area contributed by atoms with Crippen molar-refractivity contribution in [3.8, 4) is 10.6 Å². The Labute approximate surface area is 122 Å². The third-order valence-electron chi connectivity index (χ3n) is 2.78. The first-order valence-corrected chi connectivity index (χ1v) is 8.35. The minimum atomic E-state index is 0.314. The Kier molecular flexibility index (Phi) is 3.46. The topological polar surface area (TPSA) is 25.8 Å². The molecule has 3 rings (SSSR count). The molecule has 1 atom stereocenters. The van der Waals surface area contributed by atoms with Gasteiger partial charge in [-0.2, -0.15) is 0 Å². The molecule has 0 aliphatic rings. The van der Waals surface area contributed by atoms with E-state index in [0.717, 1.165) is 16.4 Å². The number of aromatic nitrogens is 2. The molecular formula is C13H11BrN2S2. The van der Waals surface area contributed by atoms with Gasteiger partial charge < -0.3 is 0 Å². The van der Waals surface area contributed by atoms with E-state index >= 15 is 0 Å². The number of fused-ring (bicyclic) bond motifs is 1. The van der Waals surface area contributed by atoms with Crippen LogP contribution in [0.15, 0.2) is 29.6 Å². The Morgan fingerprint density at radius 2 is 2.11 bits per heavy atom. The second-order valence-corrected chi connectivity index (χ2v) is 6.99. The zero-order valence-corrected chi connectivity index (χ0v) is 13.0. The van der Waals surface area contributed by atoms with Gasteiger partial charge in [0, 0.05) is 21.0 Å². The normalized spacial score (nSPS) is 13.0. The van der Waals surface area contributed by atoms with Crippen LogP contribution < -0.4 is 0 Å². The molecule has 0 aliphatic carbocycles. The number of halogens is 1. The molecule has 5 heteroatoms. The molecule has 0 aliphatic heterocycles. The van der Waals surface area contributed by atoms with Gasteiger partial charge in [0.15, 0.2) is 0 Å². The molecule has 0 saturated heterocycles. The quantitative estimate of drug-likeness (QED) is 0.608. The number of thiophene rings is 1. The molecule has 0 fully saturated rings. The van der Waals surface area contributed by atoms with E-state index in [-0.39, 0.29) is 0 Å². The first kappa shape index (κ1) is 12.3. The van der Waals surface area contributed by atoms with Crippen molar-refractivity contribution in [3.63, 3.8) is 0 Å². The molecule has 2 heterocycles. The fourth-order valence-electron chi connectivity index (χ4n) is 1.79. The SMILES string of the molecule is CCC(Br)c1nnc(-c2csc3ccccc23)s1. The van der Waals surface area contributed by atoms with Gasteiger partial charge in [-0.3, -0.25) is 0 Å². The Morgan fingerprint density at radius 3 is 2.94 bits per heavy atom. The summed E-state index contributed by atoms with van der Waals surface area (Å²) in [6, 6.07) is 8.43. The summed E-state index contributed by atoms with van der Waals surface area (Å²) in [7, 11) is 0. The summed E-state index contributed by atoms with van der Waals surface area (Å²) in [4.78, 5) is 0.314. The predicted molar refractivity (Wildman–Crippen MR) is 82.7 cm³/mol. The smallest absolute Gasteiger partial charge is 0.143 e. The maximum absolute atomic E-state index is 4.32. The molecule has 0 saturated carbocycles. The summed E-state index contributed by atoms with van der Waals surface area (Å²) >= 11 is 7.06. The molecule has 2 nitrogen and oxygen atoms in total. The highest BCUT2D eigenvalue weighted by molar-refractivity contribution is 9.09. The van der Waals surface area contributed by atoms with Gasteiger partial charge in [0.05, 0.1) is 4.83 Å². The molecule has 0 radical (unpaired) electrons. The highest BCUT2D eigenvalue weighted by atomic mass is 79.9. The van der Waals surface area contributed by atoms with Crippen LogP contribution in [0.3, 0.4) is 0 Å². The minimum absolute atomic E-state index is 0.314. The number of hydrogen-bond acceptors (Lipinski definition) is 4. The van der Waals surface area contributed by atoms with Crippen LogP contribution in [0.2, 0.25) is 0 Å². The number of hydrogen-bond donors (Lipinski definition) is 0.